The molecule has 0 saturated carbocycles. The van der Waals surface area contributed by atoms with Crippen molar-refractivity contribution in [1.29, 1.82) is 0 Å². The minimum absolute atomic E-state index is 0.361. The summed E-state index contributed by atoms with van der Waals surface area (Å²) >= 11 is 0. The molecule has 2 N–H and O–H groups in total. The zero-order valence-electron chi connectivity index (χ0n) is 9.03. The van der Waals surface area contributed by atoms with Crippen molar-refractivity contribution in [2.75, 3.05) is 0 Å². The molecule has 1 aliphatic heterocycles. The number of amides is 1. The number of nitrogens with zero attached hydrogens (tertiary/aromatic N) is 2. The lowest BCUT2D eigenvalue weighted by Crippen LogP contribution is -2.24. The average molecular weight is 205 g/mol. The van der Waals surface area contributed by atoms with E-state index < -0.39 is 5.91 Å². The number of primary amides is 1. The van der Waals surface area contributed by atoms with Crippen LogP contribution in [0.2, 0.25) is 0 Å². The first-order valence-corrected chi connectivity index (χ1v) is 5.09. The van der Waals surface area contributed by atoms with Crippen molar-refractivity contribution < 1.29 is 4.79 Å². The Morgan fingerprint density at radius 3 is 2.73 bits per heavy atom. The van der Waals surface area contributed by atoms with E-state index in [-0.39, 0.29) is 0 Å². The third-order valence-corrected chi connectivity index (χ3v) is 2.81. The summed E-state index contributed by atoms with van der Waals surface area (Å²) in [7, 11) is 0. The van der Waals surface area contributed by atoms with Crippen molar-refractivity contribution in [3.05, 3.63) is 29.1 Å². The number of carbonyl (C=O) groups excluding carboxylic acids is 1. The molecular weight excluding hydrogens is 190 g/mol. The van der Waals surface area contributed by atoms with Gasteiger partial charge >= 0.3 is 0 Å². The lowest BCUT2D eigenvalue weighted by atomic mass is 10.1. The number of nitrogens with two attached hydrogens (primary N) is 1. The molecule has 1 aliphatic rings. The standard InChI is InChI=1S/C11H15N3O/c1-7(2)14-5-8-3-10(11(12)15)13-4-9(8)6-14/h3-4,7H,5-6H2,1-2H3,(H2,12,15). The first-order chi connectivity index (χ1) is 7.08. The number of hydrogen-bond acceptors (Lipinski definition) is 3. The van der Waals surface area contributed by atoms with Crippen molar-refractivity contribution in [2.24, 2.45) is 5.73 Å². The van der Waals surface area contributed by atoms with Gasteiger partial charge in [-0.3, -0.25) is 14.7 Å². The number of hydrogen-bond donors (Lipinski definition) is 1. The van der Waals surface area contributed by atoms with Gasteiger partial charge in [0.05, 0.1) is 0 Å². The maximum Gasteiger partial charge on any atom is 0.267 e. The van der Waals surface area contributed by atoms with Crippen LogP contribution in [0.15, 0.2) is 12.3 Å². The van der Waals surface area contributed by atoms with Crippen molar-refractivity contribution in [3.8, 4) is 0 Å². The maximum atomic E-state index is 11.0. The molecule has 1 aromatic rings. The summed E-state index contributed by atoms with van der Waals surface area (Å²) in [6, 6.07) is 2.31. The molecule has 0 bridgehead atoms. The SMILES string of the molecule is CC(C)N1Cc2cnc(C(N)=O)cc2C1. The summed E-state index contributed by atoms with van der Waals surface area (Å²) in [4.78, 5) is 17.3. The summed E-state index contributed by atoms with van der Waals surface area (Å²) in [5.41, 5.74) is 7.92. The Kier molecular flexibility index (Phi) is 2.44. The Bertz CT molecular complexity index is 401. The Hall–Kier alpha value is -1.42. The van der Waals surface area contributed by atoms with Crippen molar-refractivity contribution in [2.45, 2.75) is 33.0 Å². The van der Waals surface area contributed by atoms with Gasteiger partial charge in [0.2, 0.25) is 0 Å². The van der Waals surface area contributed by atoms with E-state index in [2.05, 4.69) is 23.7 Å². The highest BCUT2D eigenvalue weighted by molar-refractivity contribution is 5.90. The lowest BCUT2D eigenvalue weighted by Gasteiger charge is -2.18. The van der Waals surface area contributed by atoms with E-state index in [4.69, 9.17) is 5.73 Å². The van der Waals surface area contributed by atoms with Gasteiger partial charge in [-0.05, 0) is 31.0 Å². The summed E-state index contributed by atoms with van der Waals surface area (Å²) < 4.78 is 0. The van der Waals surface area contributed by atoms with Gasteiger partial charge < -0.3 is 5.73 Å². The van der Waals surface area contributed by atoms with E-state index in [1.54, 1.807) is 12.3 Å². The monoisotopic (exact) mass is 205 g/mol. The fourth-order valence-electron chi connectivity index (χ4n) is 1.81. The number of carbonyl (C=O) groups is 1. The predicted octanol–water partition coefficient (Wildman–Crippen LogP) is 0.904. The van der Waals surface area contributed by atoms with Crippen molar-refractivity contribution >= 4 is 5.91 Å². The van der Waals surface area contributed by atoms with Gasteiger partial charge in [0.15, 0.2) is 0 Å². The number of pyridine rings is 1. The molecule has 0 aliphatic carbocycles. The van der Waals surface area contributed by atoms with Gasteiger partial charge in [-0.2, -0.15) is 0 Å². The second kappa shape index (κ2) is 3.62. The predicted molar refractivity (Wildman–Crippen MR) is 57.1 cm³/mol. The Morgan fingerprint density at radius 2 is 2.13 bits per heavy atom. The zero-order chi connectivity index (χ0) is 11.0. The molecule has 0 saturated heterocycles. The van der Waals surface area contributed by atoms with Gasteiger partial charge in [-0.1, -0.05) is 0 Å². The van der Waals surface area contributed by atoms with Gasteiger partial charge in [0.25, 0.3) is 5.91 Å². The van der Waals surface area contributed by atoms with Crippen molar-refractivity contribution in [3.63, 3.8) is 0 Å². The van der Waals surface area contributed by atoms with Crippen LogP contribution >= 0.6 is 0 Å². The summed E-state index contributed by atoms with van der Waals surface area (Å²) in [6.45, 7) is 6.12. The topological polar surface area (TPSA) is 59.2 Å². The highest BCUT2D eigenvalue weighted by Crippen LogP contribution is 2.24. The van der Waals surface area contributed by atoms with Crippen molar-refractivity contribution in [1.82, 2.24) is 9.88 Å². The quantitative estimate of drug-likeness (QED) is 0.780. The van der Waals surface area contributed by atoms with Crippen LogP contribution in [0.25, 0.3) is 0 Å². The van der Waals surface area contributed by atoms with Crippen LogP contribution in [-0.4, -0.2) is 21.8 Å². The molecule has 0 atom stereocenters. The van der Waals surface area contributed by atoms with E-state index in [0.29, 0.717) is 11.7 Å². The number of rotatable bonds is 2. The largest absolute Gasteiger partial charge is 0.364 e. The van der Waals surface area contributed by atoms with E-state index in [0.717, 1.165) is 13.1 Å². The normalized spacial score (nSPS) is 15.7. The second-order valence-electron chi connectivity index (χ2n) is 4.20. The third kappa shape index (κ3) is 1.85. The van der Waals surface area contributed by atoms with Crippen LogP contribution in [-0.2, 0) is 13.1 Å². The number of fused-ring (bicyclic) bond motifs is 1. The molecule has 80 valence electrons. The molecule has 15 heavy (non-hydrogen) atoms. The van der Waals surface area contributed by atoms with Crippen LogP contribution in [0.4, 0.5) is 0 Å². The first-order valence-electron chi connectivity index (χ1n) is 5.09. The van der Waals surface area contributed by atoms with Gasteiger partial charge in [0, 0.05) is 25.3 Å². The van der Waals surface area contributed by atoms with E-state index >= 15 is 0 Å². The van der Waals surface area contributed by atoms with E-state index in [1.165, 1.54) is 11.1 Å². The maximum absolute atomic E-state index is 11.0. The summed E-state index contributed by atoms with van der Waals surface area (Å²) in [5, 5.41) is 0. The first kappa shape index (κ1) is 10.1. The minimum Gasteiger partial charge on any atom is -0.364 e. The zero-order valence-corrected chi connectivity index (χ0v) is 9.03. The number of aromatic nitrogens is 1. The minimum atomic E-state index is -0.458. The summed E-state index contributed by atoms with van der Waals surface area (Å²) in [5.74, 6) is -0.458. The van der Waals surface area contributed by atoms with E-state index in [9.17, 15) is 4.79 Å². The molecule has 2 heterocycles. The molecule has 0 unspecified atom stereocenters. The van der Waals surface area contributed by atoms with Crippen LogP contribution in [0.5, 0.6) is 0 Å². The van der Waals surface area contributed by atoms with Gasteiger partial charge in [-0.15, -0.1) is 0 Å². The summed E-state index contributed by atoms with van der Waals surface area (Å²) in [6.07, 6.45) is 1.76. The van der Waals surface area contributed by atoms with Gasteiger partial charge in [-0.25, -0.2) is 0 Å². The molecule has 0 radical (unpaired) electrons. The highest BCUT2D eigenvalue weighted by Gasteiger charge is 2.22. The molecule has 4 nitrogen and oxygen atoms in total. The molecule has 2 rings (SSSR count). The van der Waals surface area contributed by atoms with Crippen LogP contribution in [0, 0.1) is 0 Å². The smallest absolute Gasteiger partial charge is 0.267 e. The average Bonchev–Trinajstić information content (AvgIpc) is 2.59. The molecule has 1 amide bonds. The lowest BCUT2D eigenvalue weighted by molar-refractivity contribution is 0.0995. The molecule has 4 heteroatoms. The molecule has 0 aromatic carbocycles. The Balaban J connectivity index is 2.27. The second-order valence-corrected chi connectivity index (χ2v) is 4.20. The third-order valence-electron chi connectivity index (χ3n) is 2.81. The van der Waals surface area contributed by atoms with Crippen LogP contribution in [0.3, 0.4) is 0 Å². The van der Waals surface area contributed by atoms with Crippen LogP contribution in [0.1, 0.15) is 35.5 Å². The Labute approximate surface area is 89.1 Å². The Morgan fingerprint density at radius 1 is 1.47 bits per heavy atom. The molecule has 1 aromatic heterocycles. The molecular formula is C11H15N3O. The van der Waals surface area contributed by atoms with Gasteiger partial charge in [0.1, 0.15) is 5.69 Å². The highest BCUT2D eigenvalue weighted by atomic mass is 16.1. The molecule has 0 fully saturated rings. The van der Waals surface area contributed by atoms with E-state index in [1.807, 2.05) is 0 Å². The fourth-order valence-corrected chi connectivity index (χ4v) is 1.81. The fraction of sp³-hybridized carbons (Fsp3) is 0.455. The van der Waals surface area contributed by atoms with Crippen LogP contribution < -0.4 is 5.73 Å². The molecule has 0 spiro atoms.